The molecule has 7 heteroatoms. The molecular weight excluding hydrogens is 360 g/mol. The molecule has 7 nitrogen and oxygen atoms in total. The lowest BCUT2D eigenvalue weighted by Gasteiger charge is -2.33. The van der Waals surface area contributed by atoms with Crippen molar-refractivity contribution in [2.45, 2.75) is 64.1 Å². The summed E-state index contributed by atoms with van der Waals surface area (Å²) < 4.78 is 11.2. The Morgan fingerprint density at radius 2 is 1.71 bits per heavy atom. The van der Waals surface area contributed by atoms with Crippen LogP contribution < -0.4 is 10.1 Å². The van der Waals surface area contributed by atoms with E-state index in [0.717, 1.165) is 12.8 Å². The van der Waals surface area contributed by atoms with E-state index >= 15 is 0 Å². The Hall–Kier alpha value is -2.57. The first kappa shape index (κ1) is 20.2. The second kappa shape index (κ2) is 8.20. The summed E-state index contributed by atoms with van der Waals surface area (Å²) in [5.74, 6) is 0.362. The zero-order chi connectivity index (χ0) is 20.3. The second-order valence-corrected chi connectivity index (χ2v) is 8.37. The minimum absolute atomic E-state index is 0.251. The largest absolute Gasteiger partial charge is 0.481 e. The Balaban J connectivity index is 1.51. The van der Waals surface area contributed by atoms with Gasteiger partial charge in [0, 0.05) is 25.9 Å². The summed E-state index contributed by atoms with van der Waals surface area (Å²) in [6.45, 7) is 6.96. The van der Waals surface area contributed by atoms with Gasteiger partial charge in [-0.1, -0.05) is 12.1 Å². The van der Waals surface area contributed by atoms with Gasteiger partial charge in [-0.25, -0.2) is 4.79 Å². The van der Waals surface area contributed by atoms with E-state index < -0.39 is 11.7 Å². The summed E-state index contributed by atoms with van der Waals surface area (Å²) in [5.41, 5.74) is 0.714. The lowest BCUT2D eigenvalue weighted by atomic mass is 9.89. The number of amides is 3. The average molecular weight is 388 g/mol. The molecule has 0 spiro atoms. The number of piperidine rings is 2. The molecule has 1 aromatic rings. The van der Waals surface area contributed by atoms with Gasteiger partial charge in [-0.2, -0.15) is 0 Å². The number of rotatable bonds is 3. The number of likely N-dealkylation sites (tertiary alicyclic amines) is 1. The molecule has 28 heavy (non-hydrogen) atoms. The van der Waals surface area contributed by atoms with Crippen LogP contribution in [0.4, 0.5) is 4.79 Å². The fraction of sp³-hybridized carbons (Fsp3) is 0.571. The normalized spacial score (nSPS) is 21.2. The van der Waals surface area contributed by atoms with Crippen molar-refractivity contribution in [3.8, 4) is 5.75 Å². The van der Waals surface area contributed by atoms with Crippen molar-refractivity contribution in [2.24, 2.45) is 0 Å². The highest BCUT2D eigenvalue weighted by Gasteiger charge is 2.29. The molecule has 2 saturated heterocycles. The van der Waals surface area contributed by atoms with Gasteiger partial charge in [0.2, 0.25) is 5.91 Å². The topological polar surface area (TPSA) is 84.9 Å². The summed E-state index contributed by atoms with van der Waals surface area (Å²) >= 11 is 0. The minimum Gasteiger partial charge on any atom is -0.481 e. The second-order valence-electron chi connectivity index (χ2n) is 8.37. The Labute approximate surface area is 165 Å². The predicted molar refractivity (Wildman–Crippen MR) is 103 cm³/mol. The highest BCUT2D eigenvalue weighted by atomic mass is 16.6. The van der Waals surface area contributed by atoms with E-state index in [1.807, 2.05) is 45.0 Å². The monoisotopic (exact) mass is 388 g/mol. The molecule has 0 saturated carbocycles. The van der Waals surface area contributed by atoms with Crippen LogP contribution in [0.25, 0.3) is 0 Å². The number of carbonyl (C=O) groups excluding carboxylic acids is 3. The van der Waals surface area contributed by atoms with Gasteiger partial charge >= 0.3 is 6.09 Å². The van der Waals surface area contributed by atoms with Crippen molar-refractivity contribution in [1.82, 2.24) is 10.2 Å². The fourth-order valence-corrected chi connectivity index (χ4v) is 3.49. The van der Waals surface area contributed by atoms with E-state index in [1.54, 1.807) is 4.90 Å². The van der Waals surface area contributed by atoms with Gasteiger partial charge in [-0.15, -0.1) is 0 Å². The number of hydrogen-bond donors (Lipinski definition) is 1. The first-order valence-corrected chi connectivity index (χ1v) is 9.79. The highest BCUT2D eigenvalue weighted by Crippen LogP contribution is 2.30. The first-order valence-electron chi connectivity index (χ1n) is 9.79. The Morgan fingerprint density at radius 3 is 2.29 bits per heavy atom. The van der Waals surface area contributed by atoms with E-state index in [4.69, 9.17) is 9.47 Å². The lowest BCUT2D eigenvalue weighted by molar-refractivity contribution is -0.138. The smallest absolute Gasteiger partial charge is 0.410 e. The molecule has 152 valence electrons. The third-order valence-corrected chi connectivity index (χ3v) is 4.97. The van der Waals surface area contributed by atoms with Crippen molar-refractivity contribution in [1.29, 1.82) is 0 Å². The molecular formula is C21H28N2O5. The van der Waals surface area contributed by atoms with Crippen molar-refractivity contribution in [2.75, 3.05) is 13.1 Å². The molecule has 3 amide bonds. The lowest BCUT2D eigenvalue weighted by Crippen LogP contribution is -2.46. The van der Waals surface area contributed by atoms with Gasteiger partial charge in [0.1, 0.15) is 11.4 Å². The number of imide groups is 1. The maximum atomic E-state index is 12.2. The Morgan fingerprint density at radius 1 is 1.07 bits per heavy atom. The zero-order valence-electron chi connectivity index (χ0n) is 16.7. The van der Waals surface area contributed by atoms with Crippen molar-refractivity contribution < 1.29 is 23.9 Å². The zero-order valence-corrected chi connectivity index (χ0v) is 16.7. The maximum absolute atomic E-state index is 12.2. The van der Waals surface area contributed by atoms with Crippen LogP contribution in [0, 0.1) is 0 Å². The Kier molecular flexibility index (Phi) is 5.91. The maximum Gasteiger partial charge on any atom is 0.410 e. The van der Waals surface area contributed by atoms with Crippen LogP contribution >= 0.6 is 0 Å². The molecule has 3 rings (SSSR count). The van der Waals surface area contributed by atoms with Gasteiger partial charge < -0.3 is 14.4 Å². The first-order chi connectivity index (χ1) is 13.2. The summed E-state index contributed by atoms with van der Waals surface area (Å²) in [6.07, 6.45) is 1.58. The molecule has 2 heterocycles. The molecule has 1 atom stereocenters. The summed E-state index contributed by atoms with van der Waals surface area (Å²) in [6, 6.07) is 7.74. The van der Waals surface area contributed by atoms with E-state index in [1.165, 1.54) is 5.56 Å². The van der Waals surface area contributed by atoms with E-state index in [2.05, 4.69) is 5.32 Å². The SMILES string of the molecule is CC(C)(C)OC(=O)N1CCC(c2ccc(OC3CCC(=O)NC3=O)cc2)CC1. The Bertz CT molecular complexity index is 730. The van der Waals surface area contributed by atoms with Gasteiger partial charge in [-0.3, -0.25) is 14.9 Å². The van der Waals surface area contributed by atoms with Gasteiger partial charge in [0.15, 0.2) is 6.10 Å². The molecule has 1 unspecified atom stereocenters. The summed E-state index contributed by atoms with van der Waals surface area (Å²) in [5, 5.41) is 2.29. The van der Waals surface area contributed by atoms with Crippen LogP contribution in [0.2, 0.25) is 0 Å². The quantitative estimate of drug-likeness (QED) is 0.805. The average Bonchev–Trinajstić information content (AvgIpc) is 2.63. The molecule has 0 aromatic heterocycles. The number of ether oxygens (including phenoxy) is 2. The highest BCUT2D eigenvalue weighted by molar-refractivity contribution is 5.99. The van der Waals surface area contributed by atoms with Crippen LogP contribution in [0.5, 0.6) is 5.75 Å². The van der Waals surface area contributed by atoms with Gasteiger partial charge in [-0.05, 0) is 57.2 Å². The fourth-order valence-electron chi connectivity index (χ4n) is 3.49. The van der Waals surface area contributed by atoms with Crippen LogP contribution in [0.15, 0.2) is 24.3 Å². The number of nitrogens with one attached hydrogen (secondary N) is 1. The summed E-state index contributed by atoms with van der Waals surface area (Å²) in [4.78, 5) is 36.9. The molecule has 0 bridgehead atoms. The summed E-state index contributed by atoms with van der Waals surface area (Å²) in [7, 11) is 0. The van der Waals surface area contributed by atoms with Crippen molar-refractivity contribution >= 4 is 17.9 Å². The van der Waals surface area contributed by atoms with E-state index in [0.29, 0.717) is 37.6 Å². The molecule has 1 aromatic carbocycles. The van der Waals surface area contributed by atoms with Crippen molar-refractivity contribution in [3.63, 3.8) is 0 Å². The molecule has 2 aliphatic rings. The van der Waals surface area contributed by atoms with Crippen molar-refractivity contribution in [3.05, 3.63) is 29.8 Å². The van der Waals surface area contributed by atoms with Gasteiger partial charge in [0.25, 0.3) is 5.91 Å². The van der Waals surface area contributed by atoms with Crippen LogP contribution in [-0.2, 0) is 14.3 Å². The van der Waals surface area contributed by atoms with Crippen LogP contribution in [0.3, 0.4) is 0 Å². The predicted octanol–water partition coefficient (Wildman–Crippen LogP) is 2.99. The van der Waals surface area contributed by atoms with Crippen LogP contribution in [0.1, 0.15) is 57.9 Å². The molecule has 0 radical (unpaired) electrons. The number of hydrogen-bond acceptors (Lipinski definition) is 5. The molecule has 2 aliphatic heterocycles. The van der Waals surface area contributed by atoms with E-state index in [-0.39, 0.29) is 17.9 Å². The third-order valence-electron chi connectivity index (χ3n) is 4.97. The number of nitrogens with zero attached hydrogens (tertiary/aromatic N) is 1. The molecule has 0 aliphatic carbocycles. The van der Waals surface area contributed by atoms with Gasteiger partial charge in [0.05, 0.1) is 0 Å². The van der Waals surface area contributed by atoms with Crippen LogP contribution in [-0.4, -0.2) is 47.6 Å². The molecule has 1 N–H and O–H groups in total. The third kappa shape index (κ3) is 5.24. The number of carbonyl (C=O) groups is 3. The number of benzene rings is 1. The van der Waals surface area contributed by atoms with E-state index in [9.17, 15) is 14.4 Å². The minimum atomic E-state index is -0.624. The molecule has 2 fully saturated rings. The standard InChI is InChI=1S/C21H28N2O5/c1-21(2,3)28-20(26)23-12-10-15(11-13-23)14-4-6-16(7-5-14)27-17-8-9-18(24)22-19(17)25/h4-7,15,17H,8-13H2,1-3H3,(H,22,24,25).